The molecular formula is C17H23N7. The summed E-state index contributed by atoms with van der Waals surface area (Å²) in [6, 6.07) is 4.79. The first-order valence-corrected chi connectivity index (χ1v) is 8.41. The molecule has 7 heteroatoms. The molecule has 0 spiro atoms. The van der Waals surface area contributed by atoms with Gasteiger partial charge in [0, 0.05) is 42.5 Å². The zero-order valence-electron chi connectivity index (χ0n) is 14.2. The highest BCUT2D eigenvalue weighted by molar-refractivity contribution is 5.80. The predicted molar refractivity (Wildman–Crippen MR) is 93.6 cm³/mol. The van der Waals surface area contributed by atoms with Crippen molar-refractivity contribution in [3.63, 3.8) is 0 Å². The van der Waals surface area contributed by atoms with Crippen molar-refractivity contribution in [3.8, 4) is 11.3 Å². The summed E-state index contributed by atoms with van der Waals surface area (Å²) in [5, 5.41) is 9.66. The third-order valence-electron chi connectivity index (χ3n) is 4.86. The van der Waals surface area contributed by atoms with Gasteiger partial charge in [0.2, 0.25) is 0 Å². The smallest absolute Gasteiger partial charge is 0.137 e. The second-order valence-electron chi connectivity index (χ2n) is 6.71. The highest BCUT2D eigenvalue weighted by Gasteiger charge is 2.23. The molecule has 4 rings (SSSR count). The zero-order chi connectivity index (χ0) is 16.5. The number of pyridine rings is 1. The summed E-state index contributed by atoms with van der Waals surface area (Å²) < 4.78 is 1.93. The minimum atomic E-state index is 0.676. The number of nitrogens with one attached hydrogen (secondary N) is 1. The Labute approximate surface area is 141 Å². The summed E-state index contributed by atoms with van der Waals surface area (Å²) >= 11 is 0. The number of aromatic nitrogens is 5. The Bertz CT molecular complexity index is 819. The van der Waals surface area contributed by atoms with Crippen LogP contribution < -0.4 is 0 Å². The van der Waals surface area contributed by atoms with E-state index in [4.69, 9.17) is 0 Å². The number of hydrogen-bond acceptors (Lipinski definition) is 5. The highest BCUT2D eigenvalue weighted by Crippen LogP contribution is 2.20. The molecule has 1 aliphatic heterocycles. The van der Waals surface area contributed by atoms with Crippen molar-refractivity contribution in [1.29, 1.82) is 0 Å². The number of likely N-dealkylation sites (tertiary alicyclic amines) is 1. The lowest BCUT2D eigenvalue weighted by Crippen LogP contribution is -2.32. The van der Waals surface area contributed by atoms with Crippen molar-refractivity contribution in [2.24, 2.45) is 0 Å². The van der Waals surface area contributed by atoms with Crippen molar-refractivity contribution < 1.29 is 0 Å². The summed E-state index contributed by atoms with van der Waals surface area (Å²) in [6.07, 6.45) is 7.00. The number of likely N-dealkylation sites (N-methyl/N-ethyl adjacent to an activating group) is 1. The molecule has 0 saturated carbocycles. The van der Waals surface area contributed by atoms with E-state index in [9.17, 15) is 0 Å². The summed E-state index contributed by atoms with van der Waals surface area (Å²) in [6.45, 7) is 4.19. The second kappa shape index (κ2) is 6.33. The molecule has 3 aromatic heterocycles. The van der Waals surface area contributed by atoms with Gasteiger partial charge < -0.3 is 9.88 Å². The minimum Gasteiger partial charge on any atom is -0.346 e. The third kappa shape index (κ3) is 3.05. The molecule has 1 atom stereocenters. The maximum atomic E-state index is 4.42. The lowest BCUT2D eigenvalue weighted by atomic mass is 10.2. The molecule has 1 N–H and O–H groups in total. The van der Waals surface area contributed by atoms with Gasteiger partial charge in [-0.15, -0.1) is 5.10 Å². The van der Waals surface area contributed by atoms with E-state index in [2.05, 4.69) is 50.2 Å². The molecule has 126 valence electrons. The number of H-pyrrole nitrogens is 1. The van der Waals surface area contributed by atoms with Crippen LogP contribution in [0.4, 0.5) is 0 Å². The minimum absolute atomic E-state index is 0.676. The number of aromatic amines is 1. The molecule has 1 saturated heterocycles. The maximum Gasteiger partial charge on any atom is 0.137 e. The Morgan fingerprint density at radius 1 is 1.33 bits per heavy atom. The van der Waals surface area contributed by atoms with E-state index in [0.717, 1.165) is 41.9 Å². The maximum absolute atomic E-state index is 4.42. The molecule has 0 aliphatic carbocycles. The number of hydrogen-bond donors (Lipinski definition) is 1. The van der Waals surface area contributed by atoms with Crippen LogP contribution in [0.15, 0.2) is 30.7 Å². The molecule has 0 aromatic carbocycles. The van der Waals surface area contributed by atoms with Gasteiger partial charge in [-0.3, -0.25) is 9.58 Å². The second-order valence-corrected chi connectivity index (χ2v) is 6.71. The van der Waals surface area contributed by atoms with Crippen LogP contribution in [0.5, 0.6) is 0 Å². The summed E-state index contributed by atoms with van der Waals surface area (Å²) in [5.41, 5.74) is 2.77. The monoisotopic (exact) mass is 325 g/mol. The van der Waals surface area contributed by atoms with E-state index in [1.165, 1.54) is 13.0 Å². The molecule has 0 bridgehead atoms. The van der Waals surface area contributed by atoms with E-state index in [1.54, 1.807) is 0 Å². The Morgan fingerprint density at radius 2 is 2.25 bits per heavy atom. The molecular weight excluding hydrogens is 302 g/mol. The first kappa shape index (κ1) is 15.3. The standard InChI is InChI=1S/C17H23N7/c1-22(2)15-4-6-23(11-15)7-8-24-12-16(20-21-24)14-9-13-3-5-18-17(13)19-10-14/h3,5,9-10,12,15H,4,6-8,11H2,1-2H3,(H,18,19). The number of fused-ring (bicyclic) bond motifs is 1. The molecule has 1 fully saturated rings. The molecule has 1 unspecified atom stereocenters. The highest BCUT2D eigenvalue weighted by atomic mass is 15.4. The van der Waals surface area contributed by atoms with Crippen LogP contribution in [-0.4, -0.2) is 74.5 Å². The number of rotatable bonds is 5. The zero-order valence-corrected chi connectivity index (χ0v) is 14.2. The Hall–Kier alpha value is -2.25. The van der Waals surface area contributed by atoms with Crippen LogP contribution in [-0.2, 0) is 6.54 Å². The average molecular weight is 325 g/mol. The molecule has 3 aromatic rings. The van der Waals surface area contributed by atoms with E-state index in [-0.39, 0.29) is 0 Å². The lowest BCUT2D eigenvalue weighted by molar-refractivity contribution is 0.260. The first-order chi connectivity index (χ1) is 11.7. The van der Waals surface area contributed by atoms with Gasteiger partial charge in [0.25, 0.3) is 0 Å². The molecule has 0 amide bonds. The van der Waals surface area contributed by atoms with Crippen LogP contribution in [0.25, 0.3) is 22.3 Å². The van der Waals surface area contributed by atoms with E-state index >= 15 is 0 Å². The van der Waals surface area contributed by atoms with Gasteiger partial charge in [-0.1, -0.05) is 5.21 Å². The molecule has 7 nitrogen and oxygen atoms in total. The van der Waals surface area contributed by atoms with Crippen molar-refractivity contribution in [3.05, 3.63) is 30.7 Å². The van der Waals surface area contributed by atoms with Crippen molar-refractivity contribution >= 4 is 11.0 Å². The van der Waals surface area contributed by atoms with Crippen molar-refractivity contribution in [2.45, 2.75) is 19.0 Å². The van der Waals surface area contributed by atoms with Crippen molar-refractivity contribution in [2.75, 3.05) is 33.7 Å². The Morgan fingerprint density at radius 3 is 3.08 bits per heavy atom. The summed E-state index contributed by atoms with van der Waals surface area (Å²) in [7, 11) is 4.32. The quantitative estimate of drug-likeness (QED) is 0.769. The normalized spacial score (nSPS) is 18.9. The van der Waals surface area contributed by atoms with E-state index < -0.39 is 0 Å². The largest absolute Gasteiger partial charge is 0.346 e. The molecule has 4 heterocycles. The van der Waals surface area contributed by atoms with Crippen LogP contribution in [0, 0.1) is 0 Å². The predicted octanol–water partition coefficient (Wildman–Crippen LogP) is 1.46. The lowest BCUT2D eigenvalue weighted by Gasteiger charge is -2.20. The molecule has 1 aliphatic rings. The van der Waals surface area contributed by atoms with Gasteiger partial charge in [-0.25, -0.2) is 4.98 Å². The third-order valence-corrected chi connectivity index (χ3v) is 4.86. The van der Waals surface area contributed by atoms with Crippen molar-refractivity contribution in [1.82, 2.24) is 34.8 Å². The Balaban J connectivity index is 1.40. The fourth-order valence-corrected chi connectivity index (χ4v) is 3.30. The topological polar surface area (TPSA) is 65.9 Å². The summed E-state index contributed by atoms with van der Waals surface area (Å²) in [4.78, 5) is 12.3. The fourth-order valence-electron chi connectivity index (χ4n) is 3.30. The van der Waals surface area contributed by atoms with Crippen LogP contribution in [0.1, 0.15) is 6.42 Å². The average Bonchev–Trinajstić information content (AvgIpc) is 3.31. The SMILES string of the molecule is CN(C)C1CCN(CCn2cc(-c3cnc4[nH]ccc4c3)nn2)C1. The summed E-state index contributed by atoms with van der Waals surface area (Å²) in [5.74, 6) is 0. The van der Waals surface area contributed by atoms with Crippen LogP contribution in [0.3, 0.4) is 0 Å². The van der Waals surface area contributed by atoms with Crippen LogP contribution >= 0.6 is 0 Å². The van der Waals surface area contributed by atoms with E-state index in [0.29, 0.717) is 6.04 Å². The number of nitrogens with zero attached hydrogens (tertiary/aromatic N) is 6. The van der Waals surface area contributed by atoms with Gasteiger partial charge in [-0.2, -0.15) is 0 Å². The van der Waals surface area contributed by atoms with E-state index in [1.807, 2.05) is 29.3 Å². The fraction of sp³-hybridized carbons (Fsp3) is 0.471. The molecule has 0 radical (unpaired) electrons. The van der Waals surface area contributed by atoms with Crippen LogP contribution in [0.2, 0.25) is 0 Å². The Kier molecular flexibility index (Phi) is 4.03. The van der Waals surface area contributed by atoms with Gasteiger partial charge in [-0.05, 0) is 39.2 Å². The van der Waals surface area contributed by atoms with Gasteiger partial charge in [0.15, 0.2) is 0 Å². The van der Waals surface area contributed by atoms with Gasteiger partial charge in [0.1, 0.15) is 11.3 Å². The first-order valence-electron chi connectivity index (χ1n) is 8.41. The van der Waals surface area contributed by atoms with Gasteiger partial charge >= 0.3 is 0 Å². The molecule has 24 heavy (non-hydrogen) atoms. The van der Waals surface area contributed by atoms with Gasteiger partial charge in [0.05, 0.1) is 12.7 Å².